The van der Waals surface area contributed by atoms with Gasteiger partial charge in [-0.1, -0.05) is 186 Å². The van der Waals surface area contributed by atoms with Crippen LogP contribution in [0.1, 0.15) is 173 Å². The number of carbonyl (C=O) groups is 2. The quantitative estimate of drug-likeness (QED) is 0.0579. The van der Waals surface area contributed by atoms with E-state index in [0.717, 1.165) is 66.4 Å². The van der Waals surface area contributed by atoms with E-state index in [-0.39, 0.29) is 35.5 Å². The molecule has 0 bridgehead atoms. The number of amides is 2. The van der Waals surface area contributed by atoms with E-state index in [1.165, 1.54) is 4.90 Å². The van der Waals surface area contributed by atoms with Gasteiger partial charge in [-0.25, -0.2) is 4.90 Å². The van der Waals surface area contributed by atoms with Gasteiger partial charge in [0.25, 0.3) is 11.8 Å². The number of hydrogen-bond donors (Lipinski definition) is 0. The van der Waals surface area contributed by atoms with Crippen molar-refractivity contribution in [3.8, 4) is 46.0 Å². The third-order valence-corrected chi connectivity index (χ3v) is 15.4. The Bertz CT molecular complexity index is 3710. The summed E-state index contributed by atoms with van der Waals surface area (Å²) in [5, 5.41) is 5.76. The third kappa shape index (κ3) is 8.70. The molecule has 7 nitrogen and oxygen atoms in total. The average Bonchev–Trinajstić information content (AvgIpc) is 3.34. The lowest BCUT2D eigenvalue weighted by atomic mass is 9.82. The molecule has 0 fully saturated rings. The second-order valence-electron chi connectivity index (χ2n) is 22.5. The lowest BCUT2D eigenvalue weighted by Gasteiger charge is -2.34. The molecule has 0 spiro atoms. The van der Waals surface area contributed by atoms with Crippen molar-refractivity contribution in [3.05, 3.63) is 196 Å². The molecule has 2 amide bonds. The van der Waals surface area contributed by atoms with Crippen LogP contribution in [0.3, 0.4) is 0 Å². The monoisotopic (exact) mass is 1020 g/mol. The van der Waals surface area contributed by atoms with Crippen molar-refractivity contribution in [2.24, 2.45) is 0 Å². The summed E-state index contributed by atoms with van der Waals surface area (Å²) in [6.07, 6.45) is 0. The highest BCUT2D eigenvalue weighted by atomic mass is 16.5. The number of ether oxygens (including phenoxy) is 4. The molecule has 1 heterocycles. The van der Waals surface area contributed by atoms with Crippen LogP contribution in [0.4, 0.5) is 5.69 Å². The maximum atomic E-state index is 16.2. The van der Waals surface area contributed by atoms with Crippen LogP contribution in [0.5, 0.6) is 46.0 Å². The summed E-state index contributed by atoms with van der Waals surface area (Å²) in [4.78, 5) is 33.8. The summed E-state index contributed by atoms with van der Waals surface area (Å²) >= 11 is 0. The van der Waals surface area contributed by atoms with Crippen LogP contribution >= 0.6 is 0 Å². The fourth-order valence-electron chi connectivity index (χ4n) is 11.6. The number of para-hydroxylation sites is 5. The van der Waals surface area contributed by atoms with Gasteiger partial charge in [-0.3, -0.25) is 9.59 Å². The summed E-state index contributed by atoms with van der Waals surface area (Å²) in [6, 6.07) is 50.6. The van der Waals surface area contributed by atoms with Crippen LogP contribution in [0.15, 0.2) is 152 Å². The lowest BCUT2D eigenvalue weighted by Crippen LogP contribution is -2.42. The van der Waals surface area contributed by atoms with Crippen molar-refractivity contribution in [2.45, 2.75) is 119 Å². The van der Waals surface area contributed by atoms with Gasteiger partial charge in [0, 0.05) is 37.7 Å². The van der Waals surface area contributed by atoms with Gasteiger partial charge in [0.1, 0.15) is 46.0 Å². The molecule has 0 atom stereocenters. The number of benzene rings is 10. The van der Waals surface area contributed by atoms with Gasteiger partial charge in [0.2, 0.25) is 0 Å². The fourth-order valence-corrected chi connectivity index (χ4v) is 11.6. The van der Waals surface area contributed by atoms with E-state index in [4.69, 9.17) is 18.9 Å². The summed E-state index contributed by atoms with van der Waals surface area (Å²) < 4.78 is 29.5. The Labute approximate surface area is 452 Å². The second-order valence-corrected chi connectivity index (χ2v) is 22.5. The normalized spacial score (nSPS) is 12.9. The van der Waals surface area contributed by atoms with Gasteiger partial charge in [-0.05, 0) is 123 Å². The maximum absolute atomic E-state index is 16.2. The van der Waals surface area contributed by atoms with Crippen molar-refractivity contribution in [1.82, 2.24) is 0 Å². The van der Waals surface area contributed by atoms with E-state index < -0.39 is 11.8 Å². The molecule has 1 aliphatic heterocycles. The highest BCUT2D eigenvalue weighted by molar-refractivity contribution is 6.45. The molecule has 10 aromatic rings. The molecule has 77 heavy (non-hydrogen) atoms. The van der Waals surface area contributed by atoms with Gasteiger partial charge in [0.05, 0.1) is 16.8 Å². The van der Waals surface area contributed by atoms with E-state index in [2.05, 4.69) is 119 Å². The van der Waals surface area contributed by atoms with Crippen molar-refractivity contribution in [2.75, 3.05) is 4.90 Å². The number of anilines is 1. The molecule has 0 aliphatic carbocycles. The molecule has 11 rings (SSSR count). The molecule has 0 saturated carbocycles. The highest BCUT2D eigenvalue weighted by Gasteiger charge is 2.41. The Morgan fingerprint density at radius 2 is 0.584 bits per heavy atom. The minimum Gasteiger partial charge on any atom is -0.456 e. The molecule has 388 valence electrons. The largest absolute Gasteiger partial charge is 0.456 e. The second kappa shape index (κ2) is 20.1. The van der Waals surface area contributed by atoms with Gasteiger partial charge in [-0.15, -0.1) is 0 Å². The number of carbonyl (C=O) groups excluding carboxylic acids is 2. The number of rotatable bonds is 15. The standard InChI is InChI=1S/C70H67NO6/c1-38(2)45-22-13-17-28-53(45)74-57-34-32-44-33-35-58(75-54-29-18-14-23-46(54)39(3)4)64-61(44)63(57)65-59(76-55-30-19-15-24-47(55)40(5)6)36-51-62-52(37-60(66(64)67(62)65)77-56-31-20-16-25-48(56)41(7)8)70(73)71(69(51)72)68-49(42(9)10)26-21-27-50(68)43(11)12/h13-43H,1-12H3. The summed E-state index contributed by atoms with van der Waals surface area (Å²) in [7, 11) is 0. The van der Waals surface area contributed by atoms with E-state index in [0.29, 0.717) is 72.9 Å². The summed E-state index contributed by atoms with van der Waals surface area (Å²) in [5.74, 6) is 4.43. The van der Waals surface area contributed by atoms with Crippen molar-refractivity contribution >= 4 is 60.6 Å². The number of hydrogen-bond acceptors (Lipinski definition) is 6. The first-order valence-corrected chi connectivity index (χ1v) is 27.4. The number of fused-ring (bicyclic) bond motifs is 2. The van der Waals surface area contributed by atoms with Crippen molar-refractivity contribution < 1.29 is 28.5 Å². The van der Waals surface area contributed by atoms with E-state index in [1.807, 2.05) is 115 Å². The fraction of sp³-hybridized carbons (Fsp3) is 0.257. The minimum atomic E-state index is -0.433. The topological polar surface area (TPSA) is 74.3 Å². The zero-order chi connectivity index (χ0) is 54.1. The smallest absolute Gasteiger partial charge is 0.266 e. The molecule has 10 aromatic carbocycles. The average molecular weight is 1020 g/mol. The highest BCUT2D eigenvalue weighted by Crippen LogP contribution is 2.57. The van der Waals surface area contributed by atoms with Crippen LogP contribution in [0.25, 0.3) is 43.1 Å². The van der Waals surface area contributed by atoms with E-state index in [1.54, 1.807) is 0 Å². The third-order valence-electron chi connectivity index (χ3n) is 15.4. The molecular weight excluding hydrogens is 951 g/mol. The molecule has 0 saturated heterocycles. The van der Waals surface area contributed by atoms with Crippen LogP contribution in [-0.2, 0) is 0 Å². The number of imide groups is 1. The molecule has 7 heteroatoms. The SMILES string of the molecule is CC(C)c1ccccc1Oc1ccc2ccc(Oc3ccccc3C(C)C)c3c4c(Oc5ccccc5C(C)C)cc5c6c(cc(Oc7ccccc7C(C)C)c(c1c23)c64)C(=O)N(c1c(C(C)C)cccc1C(C)C)C5=O. The minimum absolute atomic E-state index is 0.00518. The zero-order valence-electron chi connectivity index (χ0n) is 46.3. The molecule has 1 aliphatic rings. The Balaban J connectivity index is 1.38. The molecule has 0 N–H and O–H groups in total. The van der Waals surface area contributed by atoms with Crippen LogP contribution in [0.2, 0.25) is 0 Å². The van der Waals surface area contributed by atoms with Crippen molar-refractivity contribution in [1.29, 1.82) is 0 Å². The maximum Gasteiger partial charge on any atom is 0.266 e. The summed E-state index contributed by atoms with van der Waals surface area (Å²) in [6.45, 7) is 25.7. The van der Waals surface area contributed by atoms with Gasteiger partial charge < -0.3 is 18.9 Å². The Kier molecular flexibility index (Phi) is 13.3. The van der Waals surface area contributed by atoms with Gasteiger partial charge in [-0.2, -0.15) is 0 Å². The van der Waals surface area contributed by atoms with Crippen LogP contribution in [-0.4, -0.2) is 11.8 Å². The van der Waals surface area contributed by atoms with Gasteiger partial charge in [0.15, 0.2) is 0 Å². The van der Waals surface area contributed by atoms with Crippen LogP contribution in [0, 0.1) is 0 Å². The first-order valence-electron chi connectivity index (χ1n) is 27.4. The predicted molar refractivity (Wildman–Crippen MR) is 316 cm³/mol. The Morgan fingerprint density at radius 3 is 0.922 bits per heavy atom. The predicted octanol–water partition coefficient (Wildman–Crippen LogP) is 20.4. The number of nitrogens with zero attached hydrogens (tertiary/aromatic N) is 1. The Hall–Kier alpha value is -8.16. The molecule has 0 unspecified atom stereocenters. The summed E-state index contributed by atoms with van der Waals surface area (Å²) in [5.41, 5.74) is 7.21. The van der Waals surface area contributed by atoms with E-state index >= 15 is 9.59 Å². The van der Waals surface area contributed by atoms with E-state index in [9.17, 15) is 0 Å². The Morgan fingerprint density at radius 1 is 0.286 bits per heavy atom. The first-order chi connectivity index (χ1) is 37.0. The molecule has 0 aromatic heterocycles. The first kappa shape index (κ1) is 51.0. The van der Waals surface area contributed by atoms with Crippen LogP contribution < -0.4 is 23.8 Å². The molecule has 0 radical (unpaired) electrons. The van der Waals surface area contributed by atoms with Gasteiger partial charge >= 0.3 is 0 Å². The zero-order valence-corrected chi connectivity index (χ0v) is 46.3. The lowest BCUT2D eigenvalue weighted by molar-refractivity contribution is 0.0892. The molecular formula is C70H67NO6. The van der Waals surface area contributed by atoms with Crippen molar-refractivity contribution in [3.63, 3.8) is 0 Å².